The maximum absolute atomic E-state index is 13.8. The third-order valence-corrected chi connectivity index (χ3v) is 6.49. The number of pyridine rings is 1. The highest BCUT2D eigenvalue weighted by Crippen LogP contribution is 2.33. The van der Waals surface area contributed by atoms with Crippen LogP contribution in [-0.2, 0) is 19.3 Å². The second-order valence-electron chi connectivity index (χ2n) is 10.5. The van der Waals surface area contributed by atoms with Crippen molar-refractivity contribution in [2.45, 2.75) is 63.8 Å². The molecule has 3 N–H and O–H groups in total. The second kappa shape index (κ2) is 12.1. The number of carbonyl (C=O) groups excluding carboxylic acids is 1. The third kappa shape index (κ3) is 7.51. The van der Waals surface area contributed by atoms with Gasteiger partial charge in [-0.25, -0.2) is 19.4 Å². The minimum atomic E-state index is -5.06. The van der Waals surface area contributed by atoms with Gasteiger partial charge in [0.25, 0.3) is 0 Å². The van der Waals surface area contributed by atoms with Crippen molar-refractivity contribution >= 4 is 17.4 Å². The van der Waals surface area contributed by atoms with Gasteiger partial charge in [0.2, 0.25) is 5.82 Å². The minimum Gasteiger partial charge on any atom is -0.382 e. The lowest BCUT2D eigenvalue weighted by Crippen LogP contribution is -2.37. The van der Waals surface area contributed by atoms with Crippen molar-refractivity contribution in [1.82, 2.24) is 34.1 Å². The monoisotopic (exact) mass is 646 g/mol. The summed E-state index contributed by atoms with van der Waals surface area (Å²) in [7, 11) is 0. The number of rotatable bonds is 10. The molecule has 44 heavy (non-hydrogen) atoms. The zero-order valence-corrected chi connectivity index (χ0v) is 23.8. The van der Waals surface area contributed by atoms with Gasteiger partial charge >= 0.3 is 18.0 Å². The molecule has 236 valence electrons. The van der Waals surface area contributed by atoms with Crippen LogP contribution in [0.3, 0.4) is 0 Å². The number of benzene rings is 1. The van der Waals surface area contributed by atoms with E-state index in [1.807, 2.05) is 0 Å². The van der Waals surface area contributed by atoms with Gasteiger partial charge in [0.05, 0.1) is 6.54 Å². The van der Waals surface area contributed by atoms with E-state index in [1.54, 1.807) is 13.8 Å². The summed E-state index contributed by atoms with van der Waals surface area (Å²) in [4.78, 5) is 34.2. The molecule has 0 aliphatic carbocycles. The summed E-state index contributed by atoms with van der Waals surface area (Å²) in [5.74, 6) is -2.67. The Kier molecular flexibility index (Phi) is 9.04. The van der Waals surface area contributed by atoms with Crippen LogP contribution in [0.25, 0.3) is 17.2 Å². The highest BCUT2D eigenvalue weighted by atomic mass is 35.5. The molecule has 3 heterocycles. The van der Waals surface area contributed by atoms with E-state index >= 15 is 0 Å². The lowest BCUT2D eigenvalue weighted by Gasteiger charge is -2.17. The topological polar surface area (TPSA) is 147 Å². The Balaban J connectivity index is 1.82. The van der Waals surface area contributed by atoms with Crippen molar-refractivity contribution in [3.63, 3.8) is 0 Å². The summed E-state index contributed by atoms with van der Waals surface area (Å²) in [6.45, 7) is 1.41. The summed E-state index contributed by atoms with van der Waals surface area (Å²) in [5, 5.41) is 18.1. The summed E-state index contributed by atoms with van der Waals surface area (Å²) in [6, 6.07) is 7.35. The fraction of sp³-hybridized carbons (Fsp3) is 0.385. The van der Waals surface area contributed by atoms with Crippen LogP contribution >= 0.6 is 11.6 Å². The normalized spacial score (nSPS) is 13.3. The predicted molar refractivity (Wildman–Crippen MR) is 144 cm³/mol. The number of nitrogens with zero attached hydrogens (tertiary/aromatic N) is 7. The number of halogens is 7. The van der Waals surface area contributed by atoms with Crippen LogP contribution in [0.4, 0.5) is 26.3 Å². The molecule has 0 radical (unpaired) electrons. The van der Waals surface area contributed by atoms with E-state index in [1.165, 1.54) is 24.3 Å². The molecule has 4 aromatic rings. The minimum absolute atomic E-state index is 0.137. The summed E-state index contributed by atoms with van der Waals surface area (Å²) in [5.41, 5.74) is 2.97. The van der Waals surface area contributed by atoms with E-state index in [2.05, 4.69) is 20.2 Å². The number of aliphatic hydroxyl groups excluding tert-OH is 1. The molecule has 1 atom stereocenters. The van der Waals surface area contributed by atoms with Crippen molar-refractivity contribution in [3.8, 4) is 17.2 Å². The third-order valence-electron chi connectivity index (χ3n) is 6.24. The smallest absolute Gasteiger partial charge is 0.382 e. The molecule has 0 fully saturated rings. The van der Waals surface area contributed by atoms with Crippen molar-refractivity contribution < 1.29 is 36.2 Å². The van der Waals surface area contributed by atoms with Gasteiger partial charge in [0.1, 0.15) is 12.1 Å². The SMILES string of the molecule is CC(C)(N)CCC(=O)c1nc(Cn2nc(-c3ccc(Cl)cc3)n(C[C@H](O)C(F)(F)F)c2=O)nn1-c1ncccc1C(F)(F)F. The number of alkyl halides is 6. The molecule has 11 nitrogen and oxygen atoms in total. The van der Waals surface area contributed by atoms with Crippen LogP contribution in [0.1, 0.15) is 48.7 Å². The maximum atomic E-state index is 13.8. The van der Waals surface area contributed by atoms with Gasteiger partial charge in [0.15, 0.2) is 29.4 Å². The molecule has 1 aromatic carbocycles. The number of aliphatic hydroxyl groups is 1. The molecule has 0 amide bonds. The number of hydrogen-bond acceptors (Lipinski definition) is 8. The number of Topliss-reactive ketones (excluding diaryl/α,β-unsaturated/α-hetero) is 1. The number of aromatic nitrogens is 7. The number of nitrogens with two attached hydrogens (primary N) is 1. The van der Waals surface area contributed by atoms with E-state index in [0.717, 1.165) is 18.3 Å². The Hall–Kier alpha value is -4.09. The number of ketones is 1. The van der Waals surface area contributed by atoms with E-state index in [-0.39, 0.29) is 35.1 Å². The molecule has 0 spiro atoms. The zero-order chi connectivity index (χ0) is 32.6. The van der Waals surface area contributed by atoms with Crippen LogP contribution in [0.2, 0.25) is 5.02 Å². The Labute approximate surface area is 249 Å². The van der Waals surface area contributed by atoms with Crippen LogP contribution in [0.15, 0.2) is 47.4 Å². The van der Waals surface area contributed by atoms with Crippen molar-refractivity contribution in [1.29, 1.82) is 0 Å². The van der Waals surface area contributed by atoms with Crippen molar-refractivity contribution in [3.05, 3.63) is 75.3 Å². The van der Waals surface area contributed by atoms with Gasteiger partial charge < -0.3 is 10.8 Å². The van der Waals surface area contributed by atoms with E-state index in [9.17, 15) is 41.0 Å². The molecule has 4 rings (SSSR count). The van der Waals surface area contributed by atoms with E-state index < -0.39 is 65.8 Å². The summed E-state index contributed by atoms with van der Waals surface area (Å²) < 4.78 is 82.9. The first-order valence-corrected chi connectivity index (χ1v) is 13.2. The summed E-state index contributed by atoms with van der Waals surface area (Å²) >= 11 is 5.89. The van der Waals surface area contributed by atoms with Crippen molar-refractivity contribution in [2.75, 3.05) is 0 Å². The molecular weight excluding hydrogens is 622 g/mol. The van der Waals surface area contributed by atoms with Gasteiger partial charge in [-0.05, 0) is 56.7 Å². The van der Waals surface area contributed by atoms with Crippen LogP contribution in [-0.4, -0.2) is 62.8 Å². The van der Waals surface area contributed by atoms with Crippen LogP contribution in [0, 0.1) is 0 Å². The van der Waals surface area contributed by atoms with Crippen LogP contribution < -0.4 is 11.4 Å². The fourth-order valence-electron chi connectivity index (χ4n) is 4.02. The lowest BCUT2D eigenvalue weighted by molar-refractivity contribution is -0.207. The molecule has 0 unspecified atom stereocenters. The highest BCUT2D eigenvalue weighted by Gasteiger charge is 2.40. The molecule has 0 aliphatic heterocycles. The predicted octanol–water partition coefficient (Wildman–Crippen LogP) is 4.03. The molecular formula is C26H25ClF6N8O3. The Bertz CT molecular complexity index is 1700. The van der Waals surface area contributed by atoms with Crippen LogP contribution in [0.5, 0.6) is 0 Å². The highest BCUT2D eigenvalue weighted by molar-refractivity contribution is 6.30. The molecule has 0 aliphatic rings. The van der Waals surface area contributed by atoms with Gasteiger partial charge in [-0.3, -0.25) is 9.36 Å². The first-order chi connectivity index (χ1) is 20.3. The Morgan fingerprint density at radius 1 is 1.07 bits per heavy atom. The summed E-state index contributed by atoms with van der Waals surface area (Å²) in [6.07, 6.45) is -11.9. The van der Waals surface area contributed by atoms with E-state index in [0.29, 0.717) is 13.9 Å². The van der Waals surface area contributed by atoms with Crippen molar-refractivity contribution in [2.24, 2.45) is 5.73 Å². The molecule has 0 bridgehead atoms. The fourth-order valence-corrected chi connectivity index (χ4v) is 4.14. The lowest BCUT2D eigenvalue weighted by atomic mass is 9.98. The number of hydrogen-bond donors (Lipinski definition) is 2. The van der Waals surface area contributed by atoms with E-state index in [4.69, 9.17) is 17.3 Å². The maximum Gasteiger partial charge on any atom is 0.420 e. The zero-order valence-electron chi connectivity index (χ0n) is 23.1. The standard InChI is InChI=1S/C26H25ClF6N8O3/c1-24(2,34)10-9-17(42)22-36-19(37-41(22)21-16(25(28,29)30)4-3-11-35-21)13-40-23(44)39(12-18(43)26(31,32)33)20(38-40)14-5-7-15(27)8-6-14/h3-8,11,18,43H,9-10,12-13,34H2,1-2H3/t18-/m0/s1. The van der Waals surface area contributed by atoms with Gasteiger partial charge in [0, 0.05) is 28.7 Å². The first kappa shape index (κ1) is 32.8. The quantitative estimate of drug-likeness (QED) is 0.194. The molecule has 3 aromatic heterocycles. The van der Waals surface area contributed by atoms with Gasteiger partial charge in [-0.15, -0.1) is 10.2 Å². The van der Waals surface area contributed by atoms with Gasteiger partial charge in [-0.1, -0.05) is 11.6 Å². The Morgan fingerprint density at radius 2 is 1.73 bits per heavy atom. The molecule has 0 saturated heterocycles. The first-order valence-electron chi connectivity index (χ1n) is 12.8. The largest absolute Gasteiger partial charge is 0.420 e. The average molecular weight is 647 g/mol. The Morgan fingerprint density at radius 3 is 2.32 bits per heavy atom. The number of carbonyl (C=O) groups is 1. The second-order valence-corrected chi connectivity index (χ2v) is 10.9. The molecule has 18 heteroatoms. The average Bonchev–Trinajstić information content (AvgIpc) is 3.48. The molecule has 0 saturated carbocycles. The van der Waals surface area contributed by atoms with Gasteiger partial charge in [-0.2, -0.15) is 31.0 Å².